The van der Waals surface area contributed by atoms with Gasteiger partial charge >= 0.3 is 11.9 Å². The molecule has 8 nitrogen and oxygen atoms in total. The molecule has 0 saturated heterocycles. The Bertz CT molecular complexity index is 1230. The van der Waals surface area contributed by atoms with Crippen LogP contribution in [0.5, 0.6) is 0 Å². The zero-order valence-corrected chi connectivity index (χ0v) is 34.4. The van der Waals surface area contributed by atoms with E-state index < -0.39 is 25.4 Å². The molecular formula is C48H74O8. The molecule has 0 rings (SSSR count). The van der Waals surface area contributed by atoms with Gasteiger partial charge in [-0.05, 0) is 89.9 Å². The molecule has 0 spiro atoms. The molecule has 0 aromatic carbocycles. The first-order valence-corrected chi connectivity index (χ1v) is 20.4. The van der Waals surface area contributed by atoms with E-state index in [2.05, 4.69) is 135 Å². The van der Waals surface area contributed by atoms with Crippen molar-refractivity contribution in [1.29, 1.82) is 0 Å². The Kier molecular flexibility index (Phi) is 45.4. The number of carbonyl (C=O) groups is 2. The monoisotopic (exact) mass is 779 g/mol. The van der Waals surface area contributed by atoms with Gasteiger partial charge < -0.3 is 29.9 Å². The quantitative estimate of drug-likeness (QED) is 0.0294. The number of hydrogen-bond donors (Lipinski definition) is 4. The molecule has 0 aromatic rings. The molecule has 2 atom stereocenters. The molecule has 0 aromatic heterocycles. The molecule has 56 heavy (non-hydrogen) atoms. The number of allylic oxidation sites excluding steroid dienone is 22. The van der Waals surface area contributed by atoms with Crippen LogP contribution in [0.25, 0.3) is 0 Å². The second-order valence-electron chi connectivity index (χ2n) is 12.6. The predicted molar refractivity (Wildman–Crippen MR) is 234 cm³/mol. The maximum Gasteiger partial charge on any atom is 0.306 e. The zero-order chi connectivity index (χ0) is 41.4. The fourth-order valence-electron chi connectivity index (χ4n) is 4.20. The average molecular weight is 779 g/mol. The Hall–Kier alpha value is -4.08. The van der Waals surface area contributed by atoms with E-state index in [1.54, 1.807) is 0 Å². The van der Waals surface area contributed by atoms with Crippen molar-refractivity contribution in [1.82, 2.24) is 0 Å². The molecule has 4 N–H and O–H groups in total. The summed E-state index contributed by atoms with van der Waals surface area (Å²) < 4.78 is 9.64. The van der Waals surface area contributed by atoms with Crippen LogP contribution in [0.3, 0.4) is 0 Å². The van der Waals surface area contributed by atoms with Crippen molar-refractivity contribution in [3.05, 3.63) is 134 Å². The highest BCUT2D eigenvalue weighted by atomic mass is 16.5. The topological polar surface area (TPSA) is 134 Å². The number of carbonyl (C=O) groups excluding carboxylic acids is 2. The van der Waals surface area contributed by atoms with Crippen molar-refractivity contribution in [3.8, 4) is 0 Å². The van der Waals surface area contributed by atoms with Gasteiger partial charge in [0, 0.05) is 12.8 Å². The second-order valence-corrected chi connectivity index (χ2v) is 12.6. The SMILES string of the molecule is CC/C=C\C/C=C\C/C=C\C/C=C\C/C=C\C/C=C\CCC(=O)OCC(O)CO.CC/C=C\C/C=C\C/C=C\C/C=C\C/C=C\CCCC(=O)OCC(O)CO. The van der Waals surface area contributed by atoms with Gasteiger partial charge in [0.1, 0.15) is 25.4 Å². The Morgan fingerprint density at radius 2 is 0.679 bits per heavy atom. The van der Waals surface area contributed by atoms with Gasteiger partial charge in [0.25, 0.3) is 0 Å². The van der Waals surface area contributed by atoms with E-state index in [4.69, 9.17) is 29.9 Å². The van der Waals surface area contributed by atoms with Crippen LogP contribution in [0, 0.1) is 0 Å². The summed E-state index contributed by atoms with van der Waals surface area (Å²) in [6, 6.07) is 0. The maximum absolute atomic E-state index is 11.4. The highest BCUT2D eigenvalue weighted by molar-refractivity contribution is 5.69. The number of rotatable bonds is 33. The van der Waals surface area contributed by atoms with Crippen LogP contribution < -0.4 is 0 Å². The fraction of sp³-hybridized carbons (Fsp3) is 0.500. The molecule has 8 heteroatoms. The highest BCUT2D eigenvalue weighted by Crippen LogP contribution is 2.02. The molecule has 314 valence electrons. The number of hydrogen-bond acceptors (Lipinski definition) is 8. The predicted octanol–water partition coefficient (Wildman–Crippen LogP) is 10.2. The lowest BCUT2D eigenvalue weighted by molar-refractivity contribution is -0.148. The summed E-state index contributed by atoms with van der Waals surface area (Å²) >= 11 is 0. The molecule has 0 radical (unpaired) electrons. The van der Waals surface area contributed by atoms with Crippen molar-refractivity contribution in [2.75, 3.05) is 26.4 Å². The van der Waals surface area contributed by atoms with Crippen molar-refractivity contribution in [2.45, 2.75) is 129 Å². The smallest absolute Gasteiger partial charge is 0.306 e. The van der Waals surface area contributed by atoms with Crippen LogP contribution in [0.1, 0.15) is 117 Å². The number of esters is 2. The maximum atomic E-state index is 11.4. The summed E-state index contributed by atoms with van der Waals surface area (Å²) in [6.07, 6.45) is 58.8. The lowest BCUT2D eigenvalue weighted by atomic mass is 10.2. The van der Waals surface area contributed by atoms with Gasteiger partial charge in [0.05, 0.1) is 13.2 Å². The van der Waals surface area contributed by atoms with E-state index in [-0.39, 0.29) is 31.6 Å². The van der Waals surface area contributed by atoms with E-state index in [1.165, 1.54) is 0 Å². The summed E-state index contributed by atoms with van der Waals surface area (Å²) in [7, 11) is 0. The van der Waals surface area contributed by atoms with E-state index in [0.29, 0.717) is 12.8 Å². The minimum absolute atomic E-state index is 0.142. The molecule has 0 amide bonds. The van der Waals surface area contributed by atoms with Crippen LogP contribution in [-0.2, 0) is 19.1 Å². The van der Waals surface area contributed by atoms with Crippen LogP contribution >= 0.6 is 0 Å². The Morgan fingerprint density at radius 3 is 0.982 bits per heavy atom. The van der Waals surface area contributed by atoms with Crippen molar-refractivity contribution < 1.29 is 39.5 Å². The minimum atomic E-state index is -0.996. The van der Waals surface area contributed by atoms with E-state index in [0.717, 1.165) is 83.5 Å². The molecule has 0 aliphatic rings. The van der Waals surface area contributed by atoms with E-state index >= 15 is 0 Å². The molecule has 0 saturated carbocycles. The molecular weight excluding hydrogens is 705 g/mol. The van der Waals surface area contributed by atoms with Gasteiger partial charge in [0.15, 0.2) is 0 Å². The summed E-state index contributed by atoms with van der Waals surface area (Å²) in [5.74, 6) is -0.702. The van der Waals surface area contributed by atoms with Crippen LogP contribution in [0.15, 0.2) is 134 Å². The third kappa shape index (κ3) is 47.9. The Morgan fingerprint density at radius 1 is 0.411 bits per heavy atom. The zero-order valence-electron chi connectivity index (χ0n) is 34.4. The van der Waals surface area contributed by atoms with Crippen molar-refractivity contribution in [3.63, 3.8) is 0 Å². The highest BCUT2D eigenvalue weighted by Gasteiger charge is 2.07. The first-order chi connectivity index (χ1) is 27.4. The Balaban J connectivity index is 0. The van der Waals surface area contributed by atoms with Crippen molar-refractivity contribution >= 4 is 11.9 Å². The van der Waals surface area contributed by atoms with Crippen LogP contribution in [0.4, 0.5) is 0 Å². The van der Waals surface area contributed by atoms with E-state index in [9.17, 15) is 9.59 Å². The van der Waals surface area contributed by atoms with Gasteiger partial charge in [-0.1, -0.05) is 148 Å². The van der Waals surface area contributed by atoms with Gasteiger partial charge in [-0.3, -0.25) is 9.59 Å². The van der Waals surface area contributed by atoms with Crippen LogP contribution in [-0.4, -0.2) is 71.0 Å². The Labute approximate surface area is 339 Å². The lowest BCUT2D eigenvalue weighted by Gasteiger charge is -2.07. The van der Waals surface area contributed by atoms with Gasteiger partial charge in [0.2, 0.25) is 0 Å². The summed E-state index contributed by atoms with van der Waals surface area (Å²) in [6.45, 7) is 3.19. The summed E-state index contributed by atoms with van der Waals surface area (Å²) in [5.41, 5.74) is 0. The van der Waals surface area contributed by atoms with Crippen LogP contribution in [0.2, 0.25) is 0 Å². The molecule has 0 aliphatic carbocycles. The third-order valence-corrected chi connectivity index (χ3v) is 7.32. The molecule has 0 fully saturated rings. The largest absolute Gasteiger partial charge is 0.463 e. The molecule has 0 heterocycles. The second kappa shape index (κ2) is 47.1. The van der Waals surface area contributed by atoms with E-state index in [1.807, 2.05) is 12.2 Å². The molecule has 2 unspecified atom stereocenters. The van der Waals surface area contributed by atoms with Gasteiger partial charge in [-0.15, -0.1) is 0 Å². The number of aliphatic hydroxyl groups is 4. The molecule has 0 bridgehead atoms. The van der Waals surface area contributed by atoms with Crippen molar-refractivity contribution in [2.24, 2.45) is 0 Å². The lowest BCUT2D eigenvalue weighted by Crippen LogP contribution is -2.21. The summed E-state index contributed by atoms with van der Waals surface area (Å²) in [4.78, 5) is 22.7. The average Bonchev–Trinajstić information content (AvgIpc) is 3.21. The number of unbranched alkanes of at least 4 members (excludes halogenated alkanes) is 1. The summed E-state index contributed by atoms with van der Waals surface area (Å²) in [5, 5.41) is 35.4. The van der Waals surface area contributed by atoms with Gasteiger partial charge in [-0.25, -0.2) is 0 Å². The first-order valence-electron chi connectivity index (χ1n) is 20.4. The number of aliphatic hydroxyl groups excluding tert-OH is 4. The third-order valence-electron chi connectivity index (χ3n) is 7.32. The standard InChI is InChI=1S/C25H38O4.C23H36O4/c1-2-3-4-5-6-7-8-9-10-11-12-13-14-15-16-17-18-19-20-21-25(28)29-23-24(27)22-26;1-2-3-4-5-6-7-8-9-10-11-12-13-14-15-16-17-18-19-23(26)27-21-22(25)20-24/h3-4,6-7,9-10,12-13,15-16,18-19,24,26-27H,2,5,8,11,14,17,20-23H2,1H3;3-4,6-7,9-10,12-13,15-16,22,24-25H,2,5,8,11,14,17-21H2,1H3/b4-3-,7-6-,10-9-,13-12-,16-15-,19-18-;4-3-,7-6-,10-9-,13-12-,16-15-. The number of ether oxygens (including phenoxy) is 2. The minimum Gasteiger partial charge on any atom is -0.463 e. The van der Waals surface area contributed by atoms with Gasteiger partial charge in [-0.2, -0.15) is 0 Å². The normalized spacial score (nSPS) is 13.8. The first kappa shape index (κ1) is 54.0. The fourth-order valence-corrected chi connectivity index (χ4v) is 4.20. The molecule has 0 aliphatic heterocycles.